The third kappa shape index (κ3) is 9.14. The van der Waals surface area contributed by atoms with Crippen LogP contribution in [0.2, 0.25) is 5.02 Å². The molecule has 0 saturated heterocycles. The lowest BCUT2D eigenvalue weighted by molar-refractivity contribution is -0.165. The molecule has 152 valence electrons. The molecule has 0 bridgehead atoms. The fourth-order valence-electron chi connectivity index (χ4n) is 2.48. The molecule has 0 saturated carbocycles. The molecular formula is C21H31ClO5. The Morgan fingerprint density at radius 2 is 1.85 bits per heavy atom. The number of esters is 2. The zero-order chi connectivity index (χ0) is 20.6. The molecule has 27 heavy (non-hydrogen) atoms. The molecule has 0 aliphatic rings. The number of hydrogen-bond acceptors (Lipinski definition) is 5. The van der Waals surface area contributed by atoms with E-state index < -0.39 is 29.6 Å². The number of hydrogen-bond donors (Lipinski definition) is 0. The molecule has 5 nitrogen and oxygen atoms in total. The highest BCUT2D eigenvalue weighted by Crippen LogP contribution is 2.22. The van der Waals surface area contributed by atoms with Gasteiger partial charge >= 0.3 is 11.9 Å². The normalized spacial score (nSPS) is 14.8. The van der Waals surface area contributed by atoms with Crippen LogP contribution in [0, 0.1) is 5.92 Å². The molecule has 3 atom stereocenters. The highest BCUT2D eigenvalue weighted by Gasteiger charge is 2.27. The van der Waals surface area contributed by atoms with Crippen LogP contribution in [0.5, 0.6) is 5.75 Å². The predicted octanol–water partition coefficient (Wildman–Crippen LogP) is 5.19. The van der Waals surface area contributed by atoms with Crippen LogP contribution in [0.15, 0.2) is 24.3 Å². The average Bonchev–Trinajstić information content (AvgIpc) is 2.52. The van der Waals surface area contributed by atoms with Gasteiger partial charge in [0.25, 0.3) is 0 Å². The number of rotatable bonds is 9. The number of benzene rings is 1. The molecule has 0 amide bonds. The van der Waals surface area contributed by atoms with Gasteiger partial charge in [-0.25, -0.2) is 0 Å². The van der Waals surface area contributed by atoms with Crippen molar-refractivity contribution < 1.29 is 23.8 Å². The van der Waals surface area contributed by atoms with Crippen LogP contribution in [0.25, 0.3) is 0 Å². The van der Waals surface area contributed by atoms with Crippen molar-refractivity contribution >= 4 is 23.5 Å². The van der Waals surface area contributed by atoms with E-state index in [-0.39, 0.29) is 12.5 Å². The van der Waals surface area contributed by atoms with E-state index in [2.05, 4.69) is 0 Å². The number of carbonyl (C=O) groups excluding carboxylic acids is 2. The van der Waals surface area contributed by atoms with E-state index in [9.17, 15) is 9.59 Å². The highest BCUT2D eigenvalue weighted by atomic mass is 35.5. The summed E-state index contributed by atoms with van der Waals surface area (Å²) >= 11 is 6.00. The standard InChI is InChI=1S/C21H31ClO5/c1-7-9-18(26-17-11-8-10-16(22)13-17)15(3)25-20(24)14(2)12-19(23)27-21(4,5)6/h8,10-11,13-15,18H,7,9,12H2,1-6H3/t14-,15+,18-/m1/s1. The van der Waals surface area contributed by atoms with Crippen molar-refractivity contribution in [1.82, 2.24) is 0 Å². The minimum atomic E-state index is -0.587. The van der Waals surface area contributed by atoms with Gasteiger partial charge in [-0.1, -0.05) is 37.9 Å². The fraction of sp³-hybridized carbons (Fsp3) is 0.619. The van der Waals surface area contributed by atoms with E-state index in [0.29, 0.717) is 10.8 Å². The van der Waals surface area contributed by atoms with Crippen LogP contribution in [0.1, 0.15) is 60.8 Å². The molecule has 1 rings (SSSR count). The van der Waals surface area contributed by atoms with Crippen molar-refractivity contribution in [2.24, 2.45) is 5.92 Å². The van der Waals surface area contributed by atoms with Gasteiger partial charge in [-0.3, -0.25) is 9.59 Å². The van der Waals surface area contributed by atoms with Gasteiger partial charge < -0.3 is 14.2 Å². The SMILES string of the molecule is CCC[C@@H](Oc1cccc(Cl)c1)[C@H](C)OC(=O)[C@H](C)CC(=O)OC(C)(C)C. The number of halogens is 1. The number of ether oxygens (including phenoxy) is 3. The summed E-state index contributed by atoms with van der Waals surface area (Å²) in [6.07, 6.45) is 0.821. The Morgan fingerprint density at radius 1 is 1.19 bits per heavy atom. The van der Waals surface area contributed by atoms with Gasteiger partial charge in [-0.15, -0.1) is 0 Å². The van der Waals surface area contributed by atoms with E-state index >= 15 is 0 Å². The molecule has 0 aromatic heterocycles. The summed E-state index contributed by atoms with van der Waals surface area (Å²) in [7, 11) is 0. The molecule has 0 N–H and O–H groups in total. The van der Waals surface area contributed by atoms with E-state index in [1.165, 1.54) is 0 Å². The molecule has 0 fully saturated rings. The Kier molecular flexibility index (Phi) is 9.10. The van der Waals surface area contributed by atoms with E-state index in [1.54, 1.807) is 52.8 Å². The number of carbonyl (C=O) groups is 2. The molecule has 1 aromatic rings. The second-order valence-corrected chi connectivity index (χ2v) is 8.17. The molecule has 0 radical (unpaired) electrons. The first-order chi connectivity index (χ1) is 12.5. The highest BCUT2D eigenvalue weighted by molar-refractivity contribution is 6.30. The summed E-state index contributed by atoms with van der Waals surface area (Å²) in [6, 6.07) is 7.11. The van der Waals surface area contributed by atoms with Crippen LogP contribution < -0.4 is 4.74 Å². The van der Waals surface area contributed by atoms with Gasteiger partial charge in [0.1, 0.15) is 23.6 Å². The van der Waals surface area contributed by atoms with Gasteiger partial charge in [0.05, 0.1) is 12.3 Å². The van der Waals surface area contributed by atoms with Gasteiger partial charge in [0.2, 0.25) is 0 Å². The molecular weight excluding hydrogens is 368 g/mol. The van der Waals surface area contributed by atoms with Crippen LogP contribution in [-0.4, -0.2) is 29.7 Å². The summed E-state index contributed by atoms with van der Waals surface area (Å²) in [5, 5.41) is 0.582. The van der Waals surface area contributed by atoms with Crippen LogP contribution in [-0.2, 0) is 19.1 Å². The van der Waals surface area contributed by atoms with E-state index in [0.717, 1.165) is 12.8 Å². The molecule has 0 aliphatic heterocycles. The monoisotopic (exact) mass is 398 g/mol. The third-order valence-electron chi connectivity index (χ3n) is 3.78. The maximum atomic E-state index is 12.4. The third-order valence-corrected chi connectivity index (χ3v) is 4.01. The first kappa shape index (κ1) is 23.3. The van der Waals surface area contributed by atoms with Crippen molar-refractivity contribution in [2.75, 3.05) is 0 Å². The maximum absolute atomic E-state index is 12.4. The summed E-state index contributed by atoms with van der Waals surface area (Å²) in [5.41, 5.74) is -0.578. The summed E-state index contributed by atoms with van der Waals surface area (Å²) in [5.74, 6) is -0.814. The van der Waals surface area contributed by atoms with Crippen LogP contribution >= 0.6 is 11.6 Å². The first-order valence-corrected chi connectivity index (χ1v) is 9.74. The van der Waals surface area contributed by atoms with Crippen molar-refractivity contribution in [1.29, 1.82) is 0 Å². The maximum Gasteiger partial charge on any atom is 0.309 e. The lowest BCUT2D eigenvalue weighted by Crippen LogP contribution is -2.35. The Bertz CT molecular complexity index is 623. The lowest BCUT2D eigenvalue weighted by Gasteiger charge is -2.26. The zero-order valence-electron chi connectivity index (χ0n) is 17.1. The smallest absolute Gasteiger partial charge is 0.309 e. The topological polar surface area (TPSA) is 61.8 Å². The van der Waals surface area contributed by atoms with E-state index in [1.807, 2.05) is 13.0 Å². The largest absolute Gasteiger partial charge is 0.487 e. The summed E-state index contributed by atoms with van der Waals surface area (Å²) in [4.78, 5) is 24.3. The molecule has 0 aliphatic carbocycles. The average molecular weight is 399 g/mol. The van der Waals surface area contributed by atoms with Gasteiger partial charge in [-0.2, -0.15) is 0 Å². The summed E-state index contributed by atoms with van der Waals surface area (Å²) < 4.78 is 16.8. The molecule has 0 spiro atoms. The molecule has 0 unspecified atom stereocenters. The predicted molar refractivity (Wildman–Crippen MR) is 106 cm³/mol. The van der Waals surface area contributed by atoms with Gasteiger partial charge in [-0.05, 0) is 52.3 Å². The van der Waals surface area contributed by atoms with Gasteiger partial charge in [0.15, 0.2) is 0 Å². The van der Waals surface area contributed by atoms with Crippen LogP contribution in [0.4, 0.5) is 0 Å². The van der Waals surface area contributed by atoms with Crippen molar-refractivity contribution in [3.63, 3.8) is 0 Å². The lowest BCUT2D eigenvalue weighted by atomic mass is 10.1. The molecule has 6 heteroatoms. The van der Waals surface area contributed by atoms with Crippen molar-refractivity contribution in [3.8, 4) is 5.75 Å². The molecule has 0 heterocycles. The Balaban J connectivity index is 2.64. The minimum Gasteiger partial charge on any atom is -0.487 e. The second-order valence-electron chi connectivity index (χ2n) is 7.74. The van der Waals surface area contributed by atoms with Crippen LogP contribution in [0.3, 0.4) is 0 Å². The Hall–Kier alpha value is -1.75. The van der Waals surface area contributed by atoms with Crippen molar-refractivity contribution in [3.05, 3.63) is 29.3 Å². The first-order valence-electron chi connectivity index (χ1n) is 9.36. The van der Waals surface area contributed by atoms with E-state index in [4.69, 9.17) is 25.8 Å². The Morgan fingerprint density at radius 3 is 2.41 bits per heavy atom. The van der Waals surface area contributed by atoms with Gasteiger partial charge in [0, 0.05) is 5.02 Å². The quantitative estimate of drug-likeness (QED) is 0.536. The fourth-order valence-corrected chi connectivity index (χ4v) is 2.66. The minimum absolute atomic E-state index is 0.0174. The second kappa shape index (κ2) is 10.5. The van der Waals surface area contributed by atoms with Crippen molar-refractivity contribution in [2.45, 2.75) is 78.6 Å². The summed E-state index contributed by atoms with van der Waals surface area (Å²) in [6.45, 7) is 10.9. The zero-order valence-corrected chi connectivity index (χ0v) is 17.8. The Labute approximate surface area is 167 Å². The molecule has 1 aromatic carbocycles.